The summed E-state index contributed by atoms with van der Waals surface area (Å²) in [5.74, 6) is -0.833. The van der Waals surface area contributed by atoms with Crippen molar-refractivity contribution in [2.45, 2.75) is 25.5 Å². The Hall–Kier alpha value is -2.83. The first-order valence-electron chi connectivity index (χ1n) is 9.21. The molecule has 1 amide bonds. The lowest BCUT2D eigenvalue weighted by Crippen LogP contribution is -2.41. The second-order valence-electron chi connectivity index (χ2n) is 7.24. The molecule has 0 bridgehead atoms. The Morgan fingerprint density at radius 2 is 1.93 bits per heavy atom. The summed E-state index contributed by atoms with van der Waals surface area (Å²) in [4.78, 5) is 31.6. The molecule has 3 aromatic rings. The van der Waals surface area contributed by atoms with Gasteiger partial charge in [-0.25, -0.2) is 0 Å². The number of ketones is 1. The van der Waals surface area contributed by atoms with Crippen LogP contribution in [0.3, 0.4) is 0 Å². The van der Waals surface area contributed by atoms with E-state index in [9.17, 15) is 14.7 Å². The fraction of sp³-hybridized carbons (Fsp3) is 0.174. The first kappa shape index (κ1) is 19.5. The van der Waals surface area contributed by atoms with E-state index in [0.717, 1.165) is 15.6 Å². The molecule has 5 nitrogen and oxygen atoms in total. The molecule has 0 fully saturated rings. The van der Waals surface area contributed by atoms with Gasteiger partial charge in [-0.3, -0.25) is 14.6 Å². The average molecular weight is 451 g/mol. The number of benzene rings is 2. The minimum Gasteiger partial charge on any atom is -0.375 e. The Labute approximate surface area is 177 Å². The van der Waals surface area contributed by atoms with Crippen LogP contribution in [0.4, 0.5) is 5.69 Å². The van der Waals surface area contributed by atoms with E-state index in [4.69, 9.17) is 0 Å². The van der Waals surface area contributed by atoms with Gasteiger partial charge in [0.05, 0.1) is 18.7 Å². The highest BCUT2D eigenvalue weighted by Crippen LogP contribution is 2.44. The van der Waals surface area contributed by atoms with E-state index >= 15 is 0 Å². The highest BCUT2D eigenvalue weighted by molar-refractivity contribution is 9.10. The van der Waals surface area contributed by atoms with Gasteiger partial charge in [0, 0.05) is 28.0 Å². The summed E-state index contributed by atoms with van der Waals surface area (Å²) >= 11 is 3.41. The summed E-state index contributed by atoms with van der Waals surface area (Å²) in [6.45, 7) is 2.32. The van der Waals surface area contributed by atoms with E-state index in [2.05, 4.69) is 20.9 Å². The van der Waals surface area contributed by atoms with Crippen LogP contribution in [0.5, 0.6) is 0 Å². The summed E-state index contributed by atoms with van der Waals surface area (Å²) in [5, 5.41) is 11.4. The molecule has 146 valence electrons. The van der Waals surface area contributed by atoms with Gasteiger partial charge in [-0.1, -0.05) is 45.8 Å². The minimum atomic E-state index is -1.92. The first-order chi connectivity index (χ1) is 13.9. The van der Waals surface area contributed by atoms with Gasteiger partial charge in [0.2, 0.25) is 0 Å². The van der Waals surface area contributed by atoms with E-state index in [0.29, 0.717) is 23.4 Å². The number of pyridine rings is 1. The van der Waals surface area contributed by atoms with Crippen LogP contribution in [0.25, 0.3) is 0 Å². The van der Waals surface area contributed by atoms with Crippen LogP contribution >= 0.6 is 15.9 Å². The summed E-state index contributed by atoms with van der Waals surface area (Å²) in [6, 6.07) is 16.5. The molecule has 1 aromatic heterocycles. The monoisotopic (exact) mass is 450 g/mol. The topological polar surface area (TPSA) is 70.5 Å². The zero-order chi connectivity index (χ0) is 20.6. The van der Waals surface area contributed by atoms with E-state index in [1.54, 1.807) is 35.4 Å². The Bertz CT molecular complexity index is 1080. The lowest BCUT2D eigenvalue weighted by molar-refractivity contribution is -0.136. The molecule has 0 aliphatic carbocycles. The predicted octanol–water partition coefficient (Wildman–Crippen LogP) is 4.16. The summed E-state index contributed by atoms with van der Waals surface area (Å²) < 4.78 is 0.730. The summed E-state index contributed by atoms with van der Waals surface area (Å²) in [6.07, 6.45) is 2.67. The predicted molar refractivity (Wildman–Crippen MR) is 114 cm³/mol. The van der Waals surface area contributed by atoms with E-state index in [1.165, 1.54) is 6.20 Å². The first-order valence-corrected chi connectivity index (χ1v) is 10.0. The van der Waals surface area contributed by atoms with E-state index in [1.807, 2.05) is 37.3 Å². The lowest BCUT2D eigenvalue weighted by Gasteiger charge is -2.23. The maximum Gasteiger partial charge on any atom is 0.264 e. The number of Topliss-reactive ketones (excluding diaryl/α,β-unsaturated/α-hetero) is 1. The van der Waals surface area contributed by atoms with Crippen molar-refractivity contribution in [3.8, 4) is 0 Å². The molecule has 1 N–H and O–H groups in total. The maximum absolute atomic E-state index is 13.3. The largest absolute Gasteiger partial charge is 0.375 e. The van der Waals surface area contributed by atoms with Crippen molar-refractivity contribution in [3.63, 3.8) is 0 Å². The Kier molecular flexibility index (Phi) is 5.06. The Balaban J connectivity index is 1.71. The molecular formula is C23H19BrN2O3. The van der Waals surface area contributed by atoms with Crippen LogP contribution in [0.15, 0.2) is 71.5 Å². The zero-order valence-corrected chi connectivity index (χ0v) is 17.4. The van der Waals surface area contributed by atoms with Crippen LogP contribution in [-0.2, 0) is 16.9 Å². The van der Waals surface area contributed by atoms with Crippen LogP contribution in [0.1, 0.15) is 33.5 Å². The van der Waals surface area contributed by atoms with E-state index < -0.39 is 11.5 Å². The number of hydrogen-bond donors (Lipinski definition) is 1. The zero-order valence-electron chi connectivity index (χ0n) is 15.8. The van der Waals surface area contributed by atoms with Crippen LogP contribution < -0.4 is 4.90 Å². The van der Waals surface area contributed by atoms with Gasteiger partial charge in [-0.2, -0.15) is 0 Å². The van der Waals surface area contributed by atoms with Crippen molar-refractivity contribution >= 4 is 33.3 Å². The number of hydrogen-bond acceptors (Lipinski definition) is 4. The van der Waals surface area contributed by atoms with Crippen molar-refractivity contribution < 1.29 is 14.7 Å². The second-order valence-corrected chi connectivity index (χ2v) is 8.16. The van der Waals surface area contributed by atoms with Gasteiger partial charge in [-0.15, -0.1) is 0 Å². The number of aliphatic hydroxyl groups is 1. The molecule has 1 aliphatic heterocycles. The number of carbonyl (C=O) groups excluding carboxylic acids is 2. The highest BCUT2D eigenvalue weighted by atomic mass is 79.9. The number of rotatable bonds is 5. The third kappa shape index (κ3) is 3.61. The second kappa shape index (κ2) is 7.54. The number of amides is 1. The third-order valence-electron chi connectivity index (χ3n) is 5.16. The smallest absolute Gasteiger partial charge is 0.264 e. The number of aryl methyl sites for hydroxylation is 1. The molecular weight excluding hydrogens is 432 g/mol. The van der Waals surface area contributed by atoms with Gasteiger partial charge in [0.1, 0.15) is 0 Å². The van der Waals surface area contributed by atoms with Crippen LogP contribution in [-0.4, -0.2) is 21.8 Å². The van der Waals surface area contributed by atoms with Crippen molar-refractivity contribution in [1.29, 1.82) is 0 Å². The van der Waals surface area contributed by atoms with Gasteiger partial charge in [0.25, 0.3) is 5.91 Å². The van der Waals surface area contributed by atoms with E-state index in [-0.39, 0.29) is 12.2 Å². The Morgan fingerprint density at radius 1 is 1.17 bits per heavy atom. The molecule has 2 aromatic carbocycles. The number of halogens is 1. The highest BCUT2D eigenvalue weighted by Gasteiger charge is 2.51. The quantitative estimate of drug-likeness (QED) is 0.592. The van der Waals surface area contributed by atoms with Gasteiger partial charge >= 0.3 is 0 Å². The number of anilines is 1. The standard InChI is InChI=1S/C23H19BrN2O3/c1-15-4-6-16(7-5-15)14-26-20-9-8-18(24)11-19(20)23(29,22(26)28)12-21(27)17-3-2-10-25-13-17/h2-11,13,29H,12,14H2,1H3. The van der Waals surface area contributed by atoms with Gasteiger partial charge in [-0.05, 0) is 42.8 Å². The molecule has 6 heteroatoms. The van der Waals surface area contributed by atoms with Crippen LogP contribution in [0, 0.1) is 6.92 Å². The van der Waals surface area contributed by atoms with Gasteiger partial charge < -0.3 is 10.0 Å². The molecule has 4 rings (SSSR count). The fourth-order valence-corrected chi connectivity index (χ4v) is 3.95. The molecule has 1 atom stereocenters. The summed E-state index contributed by atoms with van der Waals surface area (Å²) in [7, 11) is 0. The minimum absolute atomic E-state index is 0.317. The SMILES string of the molecule is Cc1ccc(CN2C(=O)C(O)(CC(=O)c3cccnc3)c3cc(Br)ccc32)cc1. The molecule has 0 spiro atoms. The van der Waals surface area contributed by atoms with Crippen molar-refractivity contribution in [1.82, 2.24) is 4.98 Å². The number of aromatic nitrogens is 1. The molecule has 0 saturated carbocycles. The molecule has 0 saturated heterocycles. The van der Waals surface area contributed by atoms with Crippen molar-refractivity contribution in [2.75, 3.05) is 4.90 Å². The molecule has 0 radical (unpaired) electrons. The molecule has 1 unspecified atom stereocenters. The maximum atomic E-state index is 13.3. The van der Waals surface area contributed by atoms with Crippen molar-refractivity contribution in [2.24, 2.45) is 0 Å². The Morgan fingerprint density at radius 3 is 2.62 bits per heavy atom. The molecule has 2 heterocycles. The third-order valence-corrected chi connectivity index (χ3v) is 5.65. The normalized spacial score (nSPS) is 18.0. The molecule has 29 heavy (non-hydrogen) atoms. The molecule has 1 aliphatic rings. The lowest BCUT2D eigenvalue weighted by atomic mass is 9.88. The number of fused-ring (bicyclic) bond motifs is 1. The fourth-order valence-electron chi connectivity index (χ4n) is 3.59. The van der Waals surface area contributed by atoms with Crippen LogP contribution in [0.2, 0.25) is 0 Å². The van der Waals surface area contributed by atoms with Crippen molar-refractivity contribution in [3.05, 3.63) is 93.7 Å². The van der Waals surface area contributed by atoms with Gasteiger partial charge in [0.15, 0.2) is 11.4 Å². The number of carbonyl (C=O) groups is 2. The summed E-state index contributed by atoms with van der Waals surface area (Å²) in [5.41, 5.74) is 1.56. The number of nitrogens with zero attached hydrogens (tertiary/aromatic N) is 2. The average Bonchev–Trinajstić information content (AvgIpc) is 2.92.